The largest absolute Gasteiger partial charge is 0.484 e. The van der Waals surface area contributed by atoms with E-state index in [1.165, 1.54) is 0 Å². The molecule has 0 aromatic heterocycles. The molecule has 1 aromatic carbocycles. The fraction of sp³-hybridized carbons (Fsp3) is 0.429. The Hall–Kier alpha value is -2.25. The van der Waals surface area contributed by atoms with Crippen LogP contribution in [-0.4, -0.2) is 29.6 Å². The van der Waals surface area contributed by atoms with Gasteiger partial charge in [-0.3, -0.25) is 4.79 Å². The number of aliphatic carboxylic acids is 1. The van der Waals surface area contributed by atoms with E-state index in [0.29, 0.717) is 0 Å². The molecule has 0 heterocycles. The van der Waals surface area contributed by atoms with Crippen LogP contribution in [0.15, 0.2) is 24.3 Å². The van der Waals surface area contributed by atoms with Gasteiger partial charge in [-0.25, -0.2) is 4.79 Å². The van der Waals surface area contributed by atoms with Crippen molar-refractivity contribution in [2.45, 2.75) is 26.1 Å². The minimum Gasteiger partial charge on any atom is -0.484 e. The number of hydrogen-bond donors (Lipinski definition) is 2. The number of ether oxygens (including phenoxy) is 1. The van der Waals surface area contributed by atoms with Crippen molar-refractivity contribution >= 4 is 11.9 Å². The summed E-state index contributed by atoms with van der Waals surface area (Å²) in [5, 5.41) is 11.2. The first-order valence-corrected chi connectivity index (χ1v) is 6.43. The van der Waals surface area contributed by atoms with Crippen molar-refractivity contribution < 1.29 is 32.6 Å². The quantitative estimate of drug-likeness (QED) is 0.844. The fourth-order valence-electron chi connectivity index (χ4n) is 1.62. The minimum atomic E-state index is -4.44. The van der Waals surface area contributed by atoms with Gasteiger partial charge in [0, 0.05) is 0 Å². The Labute approximate surface area is 125 Å². The molecule has 0 aliphatic carbocycles. The molecule has 0 spiro atoms. The number of carbonyl (C=O) groups is 2. The first-order valence-electron chi connectivity index (χ1n) is 6.43. The normalized spacial score (nSPS) is 12.8. The molecule has 5 nitrogen and oxygen atoms in total. The van der Waals surface area contributed by atoms with Crippen LogP contribution in [0.5, 0.6) is 5.75 Å². The molecule has 22 heavy (non-hydrogen) atoms. The van der Waals surface area contributed by atoms with E-state index in [0.717, 1.165) is 24.3 Å². The standard InChI is InChI=1S/C14H16F3NO4/c1-8(2)12(13(20)21)18-11(19)7-22-10-5-3-9(4-6-10)14(15,16)17/h3-6,8,12H,7H2,1-2H3,(H,18,19)(H,20,21)/t12-/m1/s1. The number of carboxylic acids is 1. The topological polar surface area (TPSA) is 75.6 Å². The molecule has 0 saturated heterocycles. The van der Waals surface area contributed by atoms with Crippen molar-refractivity contribution in [3.05, 3.63) is 29.8 Å². The van der Waals surface area contributed by atoms with Gasteiger partial charge in [0.25, 0.3) is 5.91 Å². The lowest BCUT2D eigenvalue weighted by Gasteiger charge is -2.18. The van der Waals surface area contributed by atoms with Gasteiger partial charge < -0.3 is 15.2 Å². The van der Waals surface area contributed by atoms with Gasteiger partial charge in [0.2, 0.25) is 0 Å². The molecule has 8 heteroatoms. The maximum Gasteiger partial charge on any atom is 0.416 e. The molecule has 2 N–H and O–H groups in total. The predicted octanol–water partition coefficient (Wildman–Crippen LogP) is 2.31. The van der Waals surface area contributed by atoms with Gasteiger partial charge in [0.05, 0.1) is 5.56 Å². The van der Waals surface area contributed by atoms with Crippen LogP contribution in [-0.2, 0) is 15.8 Å². The SMILES string of the molecule is CC(C)[C@@H](NC(=O)COc1ccc(C(F)(F)F)cc1)C(=O)O. The molecule has 1 atom stereocenters. The highest BCUT2D eigenvalue weighted by atomic mass is 19.4. The van der Waals surface area contributed by atoms with Crippen molar-refractivity contribution in [2.75, 3.05) is 6.61 Å². The average Bonchev–Trinajstić information content (AvgIpc) is 2.41. The van der Waals surface area contributed by atoms with Gasteiger partial charge in [0.15, 0.2) is 6.61 Å². The number of alkyl halides is 3. The Bertz CT molecular complexity index is 526. The Kier molecular flexibility index (Phi) is 5.78. The lowest BCUT2D eigenvalue weighted by molar-refractivity contribution is -0.143. The number of carbonyl (C=O) groups excluding carboxylic acids is 1. The van der Waals surface area contributed by atoms with Crippen LogP contribution in [0, 0.1) is 5.92 Å². The number of amides is 1. The van der Waals surface area contributed by atoms with E-state index in [-0.39, 0.29) is 11.7 Å². The van der Waals surface area contributed by atoms with Crippen LogP contribution in [0.2, 0.25) is 0 Å². The van der Waals surface area contributed by atoms with Gasteiger partial charge in [-0.1, -0.05) is 13.8 Å². The summed E-state index contributed by atoms with van der Waals surface area (Å²) < 4.78 is 42.1. The third kappa shape index (κ3) is 5.27. The third-order valence-electron chi connectivity index (χ3n) is 2.80. The van der Waals surface area contributed by atoms with Crippen LogP contribution >= 0.6 is 0 Å². The summed E-state index contributed by atoms with van der Waals surface area (Å²) in [6, 6.07) is 2.80. The Morgan fingerprint density at radius 3 is 2.18 bits per heavy atom. The van der Waals surface area contributed by atoms with Gasteiger partial charge in [-0.05, 0) is 30.2 Å². The summed E-state index contributed by atoms with van der Waals surface area (Å²) >= 11 is 0. The van der Waals surface area contributed by atoms with Crippen molar-refractivity contribution in [3.63, 3.8) is 0 Å². The monoisotopic (exact) mass is 319 g/mol. The van der Waals surface area contributed by atoms with E-state index < -0.39 is 36.3 Å². The molecule has 0 unspecified atom stereocenters. The molecule has 0 fully saturated rings. The van der Waals surface area contributed by atoms with Crippen LogP contribution in [0.1, 0.15) is 19.4 Å². The summed E-state index contributed by atoms with van der Waals surface area (Å²) in [6.45, 7) is 2.79. The minimum absolute atomic E-state index is 0.0829. The highest BCUT2D eigenvalue weighted by molar-refractivity contribution is 5.84. The van der Waals surface area contributed by atoms with Crippen molar-refractivity contribution in [2.24, 2.45) is 5.92 Å². The molecule has 1 rings (SSSR count). The zero-order valence-corrected chi connectivity index (χ0v) is 12.0. The van der Waals surface area contributed by atoms with Crippen LogP contribution < -0.4 is 10.1 Å². The molecule has 1 amide bonds. The summed E-state index contributed by atoms with van der Waals surface area (Å²) in [6.07, 6.45) is -4.44. The molecule has 0 aliphatic rings. The van der Waals surface area contributed by atoms with Crippen molar-refractivity contribution in [1.29, 1.82) is 0 Å². The highest BCUT2D eigenvalue weighted by Gasteiger charge is 2.30. The Morgan fingerprint density at radius 2 is 1.77 bits per heavy atom. The average molecular weight is 319 g/mol. The molecule has 0 bridgehead atoms. The molecular weight excluding hydrogens is 303 g/mol. The van der Waals surface area contributed by atoms with E-state index in [1.54, 1.807) is 13.8 Å². The lowest BCUT2D eigenvalue weighted by Crippen LogP contribution is -2.46. The smallest absolute Gasteiger partial charge is 0.416 e. The van der Waals surface area contributed by atoms with E-state index in [9.17, 15) is 22.8 Å². The maximum atomic E-state index is 12.4. The van der Waals surface area contributed by atoms with E-state index in [2.05, 4.69) is 5.32 Å². The molecule has 0 saturated carbocycles. The van der Waals surface area contributed by atoms with Gasteiger partial charge in [-0.2, -0.15) is 13.2 Å². The summed E-state index contributed by atoms with van der Waals surface area (Å²) in [4.78, 5) is 22.5. The van der Waals surface area contributed by atoms with Crippen LogP contribution in [0.4, 0.5) is 13.2 Å². The second kappa shape index (κ2) is 7.15. The Morgan fingerprint density at radius 1 is 1.23 bits per heavy atom. The van der Waals surface area contributed by atoms with Crippen LogP contribution in [0.25, 0.3) is 0 Å². The second-order valence-corrected chi connectivity index (χ2v) is 4.94. The molecule has 1 aromatic rings. The number of carboxylic acid groups (broad SMARTS) is 1. The van der Waals surface area contributed by atoms with Crippen molar-refractivity contribution in [3.8, 4) is 5.75 Å². The first-order chi connectivity index (χ1) is 10.1. The molecule has 0 aliphatic heterocycles. The summed E-state index contributed by atoms with van der Waals surface area (Å²) in [5.74, 6) is -2.06. The zero-order valence-electron chi connectivity index (χ0n) is 12.0. The van der Waals surface area contributed by atoms with Crippen molar-refractivity contribution in [1.82, 2.24) is 5.32 Å². The van der Waals surface area contributed by atoms with Gasteiger partial charge >= 0.3 is 12.1 Å². The third-order valence-corrected chi connectivity index (χ3v) is 2.80. The zero-order chi connectivity index (χ0) is 16.9. The number of benzene rings is 1. The lowest BCUT2D eigenvalue weighted by atomic mass is 10.1. The van der Waals surface area contributed by atoms with Gasteiger partial charge in [0.1, 0.15) is 11.8 Å². The first kappa shape index (κ1) is 17.8. The fourth-order valence-corrected chi connectivity index (χ4v) is 1.62. The maximum absolute atomic E-state index is 12.4. The van der Waals surface area contributed by atoms with E-state index in [1.807, 2.05) is 0 Å². The summed E-state index contributed by atoms with van der Waals surface area (Å²) in [7, 11) is 0. The summed E-state index contributed by atoms with van der Waals surface area (Å²) in [5.41, 5.74) is -0.824. The molecule has 122 valence electrons. The second-order valence-electron chi connectivity index (χ2n) is 4.94. The number of hydrogen-bond acceptors (Lipinski definition) is 3. The molecule has 0 radical (unpaired) electrons. The van der Waals surface area contributed by atoms with E-state index in [4.69, 9.17) is 9.84 Å². The predicted molar refractivity (Wildman–Crippen MR) is 71.3 cm³/mol. The number of halogens is 3. The number of nitrogens with one attached hydrogen (secondary N) is 1. The van der Waals surface area contributed by atoms with Gasteiger partial charge in [-0.15, -0.1) is 0 Å². The van der Waals surface area contributed by atoms with E-state index >= 15 is 0 Å². The highest BCUT2D eigenvalue weighted by Crippen LogP contribution is 2.30. The van der Waals surface area contributed by atoms with Crippen LogP contribution in [0.3, 0.4) is 0 Å². The molecular formula is C14H16F3NO4. The number of rotatable bonds is 6. The Balaban J connectivity index is 2.55.